The molecule has 0 aliphatic rings. The number of rotatable bonds is 9. The number of nitrogen functional groups attached to an aromatic ring is 1. The van der Waals surface area contributed by atoms with Gasteiger partial charge < -0.3 is 20.7 Å². The largest absolute Gasteiger partial charge is 0.495 e. The zero-order valence-electron chi connectivity index (χ0n) is 13.5. The minimum Gasteiger partial charge on any atom is -0.495 e. The summed E-state index contributed by atoms with van der Waals surface area (Å²) in [4.78, 5) is 14.7. The fourth-order valence-corrected chi connectivity index (χ4v) is 2.21. The molecular weight excluding hydrogens is 266 g/mol. The lowest BCUT2D eigenvalue weighted by atomic mass is 10.0. The summed E-state index contributed by atoms with van der Waals surface area (Å²) in [5.74, 6) is 0.637. The van der Waals surface area contributed by atoms with Crippen LogP contribution in [0.25, 0.3) is 0 Å². The SMILES string of the molecule is CCN(CC)CCNC(C)C(=O)c1ccc(OC)c(N)c1. The van der Waals surface area contributed by atoms with E-state index in [1.54, 1.807) is 25.3 Å². The van der Waals surface area contributed by atoms with Gasteiger partial charge in [0, 0.05) is 18.7 Å². The molecule has 0 aliphatic carbocycles. The summed E-state index contributed by atoms with van der Waals surface area (Å²) >= 11 is 0. The summed E-state index contributed by atoms with van der Waals surface area (Å²) in [6, 6.07) is 4.92. The van der Waals surface area contributed by atoms with Gasteiger partial charge in [-0.1, -0.05) is 13.8 Å². The molecule has 0 saturated heterocycles. The lowest BCUT2D eigenvalue weighted by Crippen LogP contribution is -2.39. The van der Waals surface area contributed by atoms with Crippen LogP contribution in [0.2, 0.25) is 0 Å². The zero-order chi connectivity index (χ0) is 15.8. The summed E-state index contributed by atoms with van der Waals surface area (Å²) in [7, 11) is 1.56. The van der Waals surface area contributed by atoms with Crippen LogP contribution in [0.3, 0.4) is 0 Å². The number of Topliss-reactive ketones (excluding diaryl/α,β-unsaturated/α-hetero) is 1. The highest BCUT2D eigenvalue weighted by Crippen LogP contribution is 2.22. The molecule has 118 valence electrons. The van der Waals surface area contributed by atoms with E-state index in [2.05, 4.69) is 24.1 Å². The summed E-state index contributed by atoms with van der Waals surface area (Å²) in [6.07, 6.45) is 0. The Hall–Kier alpha value is -1.59. The molecule has 1 rings (SSSR count). The van der Waals surface area contributed by atoms with Gasteiger partial charge in [-0.3, -0.25) is 4.79 Å². The first kappa shape index (κ1) is 17.5. The number of nitrogens with one attached hydrogen (secondary N) is 1. The number of nitrogens with two attached hydrogens (primary N) is 1. The van der Waals surface area contributed by atoms with Crippen LogP contribution < -0.4 is 15.8 Å². The maximum absolute atomic E-state index is 12.3. The number of carbonyl (C=O) groups is 1. The Balaban J connectivity index is 2.56. The second-order valence-electron chi connectivity index (χ2n) is 5.02. The molecule has 1 aromatic carbocycles. The van der Waals surface area contributed by atoms with Crippen LogP contribution in [0.15, 0.2) is 18.2 Å². The Labute approximate surface area is 127 Å². The molecule has 3 N–H and O–H groups in total. The van der Waals surface area contributed by atoms with E-state index in [4.69, 9.17) is 10.5 Å². The molecule has 0 fully saturated rings. The van der Waals surface area contributed by atoms with Crippen LogP contribution in [0, 0.1) is 0 Å². The monoisotopic (exact) mass is 293 g/mol. The highest BCUT2D eigenvalue weighted by molar-refractivity contribution is 6.00. The third-order valence-electron chi connectivity index (χ3n) is 3.68. The van der Waals surface area contributed by atoms with E-state index in [-0.39, 0.29) is 11.8 Å². The quantitative estimate of drug-likeness (QED) is 0.536. The Bertz CT molecular complexity index is 459. The van der Waals surface area contributed by atoms with Gasteiger partial charge in [0.1, 0.15) is 5.75 Å². The Morgan fingerprint density at radius 1 is 1.38 bits per heavy atom. The van der Waals surface area contributed by atoms with Crippen molar-refractivity contribution in [1.82, 2.24) is 10.2 Å². The maximum Gasteiger partial charge on any atom is 0.179 e. The molecule has 1 aromatic rings. The van der Waals surface area contributed by atoms with E-state index < -0.39 is 0 Å². The van der Waals surface area contributed by atoms with Crippen LogP contribution in [0.5, 0.6) is 5.75 Å². The second-order valence-corrected chi connectivity index (χ2v) is 5.02. The molecule has 0 heterocycles. The summed E-state index contributed by atoms with van der Waals surface area (Å²) in [6.45, 7) is 9.93. The first-order valence-electron chi connectivity index (χ1n) is 7.46. The number of ether oxygens (including phenoxy) is 1. The highest BCUT2D eigenvalue weighted by Gasteiger charge is 2.16. The van der Waals surface area contributed by atoms with E-state index in [1.807, 2.05) is 6.92 Å². The van der Waals surface area contributed by atoms with Crippen molar-refractivity contribution >= 4 is 11.5 Å². The predicted molar refractivity (Wildman–Crippen MR) is 87.0 cm³/mol. The molecule has 1 unspecified atom stereocenters. The minimum absolute atomic E-state index is 0.0453. The van der Waals surface area contributed by atoms with Gasteiger partial charge in [-0.25, -0.2) is 0 Å². The number of methoxy groups -OCH3 is 1. The van der Waals surface area contributed by atoms with E-state index in [9.17, 15) is 4.79 Å². The Morgan fingerprint density at radius 2 is 2.05 bits per heavy atom. The van der Waals surface area contributed by atoms with Gasteiger partial charge in [-0.2, -0.15) is 0 Å². The third-order valence-corrected chi connectivity index (χ3v) is 3.68. The molecule has 0 saturated carbocycles. The van der Waals surface area contributed by atoms with Crippen molar-refractivity contribution in [3.63, 3.8) is 0 Å². The van der Waals surface area contributed by atoms with Crippen LogP contribution in [0.4, 0.5) is 5.69 Å². The first-order chi connectivity index (χ1) is 10.0. The van der Waals surface area contributed by atoms with Crippen molar-refractivity contribution in [2.45, 2.75) is 26.8 Å². The van der Waals surface area contributed by atoms with Crippen molar-refractivity contribution < 1.29 is 9.53 Å². The zero-order valence-corrected chi connectivity index (χ0v) is 13.5. The van der Waals surface area contributed by atoms with E-state index in [0.717, 1.165) is 26.2 Å². The van der Waals surface area contributed by atoms with Crippen LogP contribution in [-0.2, 0) is 0 Å². The normalized spacial score (nSPS) is 12.4. The maximum atomic E-state index is 12.3. The fraction of sp³-hybridized carbons (Fsp3) is 0.562. The number of hydrogen-bond acceptors (Lipinski definition) is 5. The van der Waals surface area contributed by atoms with Crippen molar-refractivity contribution in [3.8, 4) is 5.75 Å². The van der Waals surface area contributed by atoms with E-state index >= 15 is 0 Å². The van der Waals surface area contributed by atoms with Gasteiger partial charge in [0.05, 0.1) is 18.8 Å². The molecule has 0 bridgehead atoms. The number of carbonyl (C=O) groups excluding carboxylic acids is 1. The standard InChI is InChI=1S/C16H27N3O2/c1-5-19(6-2)10-9-18-12(3)16(20)13-7-8-15(21-4)14(17)11-13/h7-8,11-12,18H,5-6,9-10,17H2,1-4H3. The molecule has 1 atom stereocenters. The molecule has 0 aromatic heterocycles. The Kier molecular flexibility index (Phi) is 7.19. The minimum atomic E-state index is -0.228. The lowest BCUT2D eigenvalue weighted by Gasteiger charge is -2.20. The molecule has 5 nitrogen and oxygen atoms in total. The molecule has 0 radical (unpaired) electrons. The van der Waals surface area contributed by atoms with Crippen molar-refractivity contribution in [1.29, 1.82) is 0 Å². The molecule has 0 spiro atoms. The predicted octanol–water partition coefficient (Wildman–Crippen LogP) is 1.78. The van der Waals surface area contributed by atoms with Gasteiger partial charge >= 0.3 is 0 Å². The molecule has 0 amide bonds. The van der Waals surface area contributed by atoms with Crippen LogP contribution in [0.1, 0.15) is 31.1 Å². The topological polar surface area (TPSA) is 67.6 Å². The van der Waals surface area contributed by atoms with Gasteiger partial charge in [0.25, 0.3) is 0 Å². The average Bonchev–Trinajstić information content (AvgIpc) is 2.50. The van der Waals surface area contributed by atoms with Gasteiger partial charge in [-0.15, -0.1) is 0 Å². The number of benzene rings is 1. The number of anilines is 1. The van der Waals surface area contributed by atoms with Crippen molar-refractivity contribution in [2.75, 3.05) is 39.0 Å². The lowest BCUT2D eigenvalue weighted by molar-refractivity contribution is 0.0949. The number of nitrogens with zero attached hydrogens (tertiary/aromatic N) is 1. The van der Waals surface area contributed by atoms with E-state index in [0.29, 0.717) is 17.0 Å². The summed E-state index contributed by atoms with van der Waals surface area (Å²) in [5.41, 5.74) is 6.93. The summed E-state index contributed by atoms with van der Waals surface area (Å²) in [5, 5.41) is 3.26. The van der Waals surface area contributed by atoms with Gasteiger partial charge in [0.15, 0.2) is 5.78 Å². The van der Waals surface area contributed by atoms with Gasteiger partial charge in [0.2, 0.25) is 0 Å². The first-order valence-corrected chi connectivity index (χ1v) is 7.46. The number of likely N-dealkylation sites (N-methyl/N-ethyl adjacent to an activating group) is 1. The smallest absolute Gasteiger partial charge is 0.179 e. The van der Waals surface area contributed by atoms with Gasteiger partial charge in [-0.05, 0) is 38.2 Å². The molecule has 21 heavy (non-hydrogen) atoms. The average molecular weight is 293 g/mol. The Morgan fingerprint density at radius 3 is 2.57 bits per heavy atom. The third kappa shape index (κ3) is 5.02. The van der Waals surface area contributed by atoms with Crippen LogP contribution in [-0.4, -0.2) is 50.0 Å². The number of ketones is 1. The second kappa shape index (κ2) is 8.64. The molecule has 5 heteroatoms. The highest BCUT2D eigenvalue weighted by atomic mass is 16.5. The van der Waals surface area contributed by atoms with E-state index in [1.165, 1.54) is 0 Å². The van der Waals surface area contributed by atoms with Crippen LogP contribution >= 0.6 is 0 Å². The summed E-state index contributed by atoms with van der Waals surface area (Å²) < 4.78 is 5.10. The van der Waals surface area contributed by atoms with Crippen molar-refractivity contribution in [3.05, 3.63) is 23.8 Å². The van der Waals surface area contributed by atoms with Crippen molar-refractivity contribution in [2.24, 2.45) is 0 Å². The molecular formula is C16H27N3O2. The number of hydrogen-bond donors (Lipinski definition) is 2. The fourth-order valence-electron chi connectivity index (χ4n) is 2.21. The molecule has 0 aliphatic heterocycles.